The summed E-state index contributed by atoms with van der Waals surface area (Å²) in [5.41, 5.74) is 1.70. The molecule has 1 amide bonds. The van der Waals surface area contributed by atoms with Crippen molar-refractivity contribution in [1.29, 1.82) is 0 Å². The Hall–Kier alpha value is -1.92. The number of halogens is 2. The lowest BCUT2D eigenvalue weighted by atomic mass is 10.1. The van der Waals surface area contributed by atoms with Crippen LogP contribution in [0.5, 0.6) is 0 Å². The van der Waals surface area contributed by atoms with Gasteiger partial charge in [0.1, 0.15) is 11.9 Å². The van der Waals surface area contributed by atoms with Crippen molar-refractivity contribution in [1.82, 2.24) is 15.1 Å². The van der Waals surface area contributed by atoms with Gasteiger partial charge in [-0.2, -0.15) is 5.10 Å². The number of anilines is 1. The molecule has 0 aliphatic carbocycles. The van der Waals surface area contributed by atoms with Crippen molar-refractivity contribution in [2.24, 2.45) is 7.05 Å². The zero-order valence-corrected chi connectivity index (χ0v) is 12.9. The van der Waals surface area contributed by atoms with E-state index in [-0.39, 0.29) is 24.0 Å². The van der Waals surface area contributed by atoms with Crippen LogP contribution in [0.2, 0.25) is 0 Å². The van der Waals surface area contributed by atoms with E-state index in [0.29, 0.717) is 0 Å². The van der Waals surface area contributed by atoms with E-state index in [4.69, 9.17) is 0 Å². The van der Waals surface area contributed by atoms with Gasteiger partial charge < -0.3 is 10.6 Å². The normalized spacial score (nSPS) is 11.6. The van der Waals surface area contributed by atoms with Crippen LogP contribution in [0, 0.1) is 12.7 Å². The van der Waals surface area contributed by atoms with Crippen LogP contribution >= 0.6 is 12.4 Å². The second kappa shape index (κ2) is 7.19. The molecule has 0 radical (unpaired) electrons. The van der Waals surface area contributed by atoms with E-state index in [1.54, 1.807) is 50.2 Å². The summed E-state index contributed by atoms with van der Waals surface area (Å²) in [4.78, 5) is 12.2. The van der Waals surface area contributed by atoms with Gasteiger partial charge in [0.15, 0.2) is 0 Å². The molecule has 0 aliphatic heterocycles. The summed E-state index contributed by atoms with van der Waals surface area (Å²) in [5, 5.41) is 9.50. The Bertz CT molecular complexity index is 629. The van der Waals surface area contributed by atoms with Crippen molar-refractivity contribution < 1.29 is 9.18 Å². The zero-order valence-electron chi connectivity index (χ0n) is 12.1. The molecule has 2 aromatic rings. The fourth-order valence-electron chi connectivity index (χ4n) is 1.96. The topological polar surface area (TPSA) is 59.0 Å². The predicted octanol–water partition coefficient (Wildman–Crippen LogP) is 2.19. The number of amides is 1. The molecule has 0 aliphatic rings. The Morgan fingerprint density at radius 2 is 2.14 bits per heavy atom. The molecule has 1 unspecified atom stereocenters. The molecule has 0 saturated heterocycles. The smallest absolute Gasteiger partial charge is 0.246 e. The highest BCUT2D eigenvalue weighted by atomic mass is 35.5. The third kappa shape index (κ3) is 4.03. The number of rotatable bonds is 4. The number of hydrogen-bond acceptors (Lipinski definition) is 3. The monoisotopic (exact) mass is 312 g/mol. The minimum atomic E-state index is -0.579. The van der Waals surface area contributed by atoms with Gasteiger partial charge in [-0.1, -0.05) is 6.07 Å². The first kappa shape index (κ1) is 17.1. The van der Waals surface area contributed by atoms with Crippen LogP contribution in [-0.4, -0.2) is 22.7 Å². The van der Waals surface area contributed by atoms with Gasteiger partial charge in [0, 0.05) is 18.8 Å². The molecule has 114 valence electrons. The first-order valence-electron chi connectivity index (χ1n) is 6.24. The molecule has 21 heavy (non-hydrogen) atoms. The van der Waals surface area contributed by atoms with Gasteiger partial charge in [-0.15, -0.1) is 12.4 Å². The maximum atomic E-state index is 13.7. The van der Waals surface area contributed by atoms with E-state index in [2.05, 4.69) is 15.7 Å². The van der Waals surface area contributed by atoms with Gasteiger partial charge >= 0.3 is 0 Å². The molecular formula is C14H18ClFN4O. The van der Waals surface area contributed by atoms with Crippen LogP contribution < -0.4 is 10.6 Å². The molecule has 0 bridgehead atoms. The summed E-state index contributed by atoms with van der Waals surface area (Å²) in [6.07, 6.45) is 3.35. The number of benzene rings is 1. The Morgan fingerprint density at radius 3 is 2.67 bits per heavy atom. The highest BCUT2D eigenvalue weighted by Crippen LogP contribution is 2.18. The van der Waals surface area contributed by atoms with Crippen LogP contribution in [0.4, 0.5) is 10.1 Å². The molecule has 5 nitrogen and oxygen atoms in total. The predicted molar refractivity (Wildman–Crippen MR) is 82.0 cm³/mol. The van der Waals surface area contributed by atoms with E-state index in [9.17, 15) is 9.18 Å². The van der Waals surface area contributed by atoms with E-state index in [1.165, 1.54) is 6.07 Å². The van der Waals surface area contributed by atoms with Crippen molar-refractivity contribution in [2.45, 2.75) is 13.0 Å². The van der Waals surface area contributed by atoms with Crippen LogP contribution in [0.1, 0.15) is 17.2 Å². The van der Waals surface area contributed by atoms with Gasteiger partial charge in [0.05, 0.1) is 11.9 Å². The van der Waals surface area contributed by atoms with Crippen LogP contribution in [0.15, 0.2) is 30.6 Å². The SMILES string of the molecule is CNC(C(=O)Nc1ccc(C)cc1F)c1cnn(C)c1.Cl. The number of aryl methyl sites for hydroxylation is 2. The van der Waals surface area contributed by atoms with Crippen molar-refractivity contribution >= 4 is 24.0 Å². The number of carbonyl (C=O) groups is 1. The van der Waals surface area contributed by atoms with Gasteiger partial charge in [0.2, 0.25) is 5.91 Å². The van der Waals surface area contributed by atoms with Crippen molar-refractivity contribution in [3.8, 4) is 0 Å². The van der Waals surface area contributed by atoms with Crippen LogP contribution in [0.3, 0.4) is 0 Å². The van der Waals surface area contributed by atoms with E-state index >= 15 is 0 Å². The van der Waals surface area contributed by atoms with Crippen molar-refractivity contribution in [2.75, 3.05) is 12.4 Å². The fraction of sp³-hybridized carbons (Fsp3) is 0.286. The van der Waals surface area contributed by atoms with Crippen molar-refractivity contribution in [3.05, 3.63) is 47.5 Å². The molecule has 1 aromatic heterocycles. The molecule has 0 spiro atoms. The zero-order chi connectivity index (χ0) is 14.7. The lowest BCUT2D eigenvalue weighted by Crippen LogP contribution is -2.30. The quantitative estimate of drug-likeness (QED) is 0.910. The van der Waals surface area contributed by atoms with Crippen LogP contribution in [0.25, 0.3) is 0 Å². The highest BCUT2D eigenvalue weighted by Gasteiger charge is 2.21. The Balaban J connectivity index is 0.00000220. The fourth-order valence-corrected chi connectivity index (χ4v) is 1.96. The number of likely N-dealkylation sites (N-methyl/N-ethyl adjacent to an activating group) is 1. The second-order valence-electron chi connectivity index (χ2n) is 4.64. The number of hydrogen-bond donors (Lipinski definition) is 2. The second-order valence-corrected chi connectivity index (χ2v) is 4.64. The standard InChI is InChI=1S/C14H17FN4O.ClH/c1-9-4-5-12(11(15)6-9)18-14(20)13(16-2)10-7-17-19(3)8-10;/h4-8,13,16H,1-3H3,(H,18,20);1H. The maximum absolute atomic E-state index is 13.7. The molecule has 2 N–H and O–H groups in total. The Morgan fingerprint density at radius 1 is 1.43 bits per heavy atom. The number of nitrogens with zero attached hydrogens (tertiary/aromatic N) is 2. The van der Waals surface area contributed by atoms with Gasteiger partial charge in [-0.25, -0.2) is 4.39 Å². The molecule has 7 heteroatoms. The molecule has 0 saturated carbocycles. The van der Waals surface area contributed by atoms with Crippen LogP contribution in [-0.2, 0) is 11.8 Å². The number of carbonyl (C=O) groups excluding carboxylic acids is 1. The summed E-state index contributed by atoms with van der Waals surface area (Å²) in [5.74, 6) is -0.775. The maximum Gasteiger partial charge on any atom is 0.246 e. The summed E-state index contributed by atoms with van der Waals surface area (Å²) >= 11 is 0. The Kier molecular flexibility index (Phi) is 5.87. The highest BCUT2D eigenvalue weighted by molar-refractivity contribution is 5.95. The van der Waals surface area contributed by atoms with E-state index in [0.717, 1.165) is 11.1 Å². The molecule has 1 atom stereocenters. The van der Waals surface area contributed by atoms with Gasteiger partial charge in [-0.3, -0.25) is 9.48 Å². The summed E-state index contributed by atoms with van der Waals surface area (Å²) in [6, 6.07) is 4.11. The molecule has 1 aromatic carbocycles. The third-order valence-electron chi connectivity index (χ3n) is 2.99. The molecular weight excluding hydrogens is 295 g/mol. The number of aromatic nitrogens is 2. The lowest BCUT2D eigenvalue weighted by molar-refractivity contribution is -0.118. The number of nitrogens with one attached hydrogen (secondary N) is 2. The minimum absolute atomic E-state index is 0. The summed E-state index contributed by atoms with van der Waals surface area (Å²) in [6.45, 7) is 1.79. The first-order valence-corrected chi connectivity index (χ1v) is 6.24. The molecule has 2 rings (SSSR count). The lowest BCUT2D eigenvalue weighted by Gasteiger charge is -2.15. The largest absolute Gasteiger partial charge is 0.322 e. The van der Waals surface area contributed by atoms with Crippen molar-refractivity contribution in [3.63, 3.8) is 0 Å². The van der Waals surface area contributed by atoms with Gasteiger partial charge in [0.25, 0.3) is 0 Å². The minimum Gasteiger partial charge on any atom is -0.322 e. The average Bonchev–Trinajstić information content (AvgIpc) is 2.80. The average molecular weight is 313 g/mol. The van der Waals surface area contributed by atoms with E-state index in [1.807, 2.05) is 0 Å². The summed E-state index contributed by atoms with van der Waals surface area (Å²) < 4.78 is 15.3. The summed E-state index contributed by atoms with van der Waals surface area (Å²) in [7, 11) is 3.44. The van der Waals surface area contributed by atoms with E-state index < -0.39 is 11.9 Å². The molecule has 1 heterocycles. The third-order valence-corrected chi connectivity index (χ3v) is 2.99. The molecule has 0 fully saturated rings. The Labute approximate surface area is 129 Å². The van der Waals surface area contributed by atoms with Gasteiger partial charge in [-0.05, 0) is 31.7 Å². The first-order chi connectivity index (χ1) is 9.51.